The monoisotopic (exact) mass is 414 g/mol. The second kappa shape index (κ2) is 8.04. The molecule has 0 radical (unpaired) electrons. The van der Waals surface area contributed by atoms with Crippen molar-refractivity contribution < 1.29 is 9.84 Å². The first-order valence-electron chi connectivity index (χ1n) is 10.6. The molecule has 1 aliphatic carbocycles. The molecule has 1 aliphatic rings. The highest BCUT2D eigenvalue weighted by atomic mass is 16.5. The fourth-order valence-electron chi connectivity index (χ4n) is 4.61. The zero-order valence-corrected chi connectivity index (χ0v) is 17.5. The highest BCUT2D eigenvalue weighted by Gasteiger charge is 2.33. The first kappa shape index (κ1) is 19.6. The molecule has 5 rings (SSSR count). The first-order chi connectivity index (χ1) is 15.2. The van der Waals surface area contributed by atoms with Gasteiger partial charge in [-0.15, -0.1) is 0 Å². The van der Waals surface area contributed by atoms with Gasteiger partial charge in [0.2, 0.25) is 0 Å². The van der Waals surface area contributed by atoms with Crippen LogP contribution in [0.2, 0.25) is 0 Å². The van der Waals surface area contributed by atoms with Crippen molar-refractivity contribution in [2.75, 3.05) is 12.3 Å². The lowest BCUT2D eigenvalue weighted by atomic mass is 9.80. The molecule has 3 N–H and O–H groups in total. The number of nitrogen functional groups attached to an aromatic ring is 1. The van der Waals surface area contributed by atoms with E-state index in [-0.39, 0.29) is 6.61 Å². The summed E-state index contributed by atoms with van der Waals surface area (Å²) < 4.78 is 8.32. The molecule has 0 bridgehead atoms. The molecule has 0 atom stereocenters. The Bertz CT molecular complexity index is 1210. The van der Waals surface area contributed by atoms with Crippen molar-refractivity contribution in [3.8, 4) is 16.9 Å². The summed E-state index contributed by atoms with van der Waals surface area (Å²) in [5, 5.41) is 10.3. The quantitative estimate of drug-likeness (QED) is 0.485. The number of anilines is 1. The molecule has 6 nitrogen and oxygen atoms in total. The third kappa shape index (κ3) is 3.53. The van der Waals surface area contributed by atoms with Crippen LogP contribution in [0.1, 0.15) is 30.1 Å². The summed E-state index contributed by atoms with van der Waals surface area (Å²) in [5.74, 6) is 1.65. The van der Waals surface area contributed by atoms with Crippen LogP contribution in [0, 0.1) is 12.8 Å². The summed E-state index contributed by atoms with van der Waals surface area (Å²) in [6.45, 7) is 2.86. The second-order valence-corrected chi connectivity index (χ2v) is 8.26. The molecular weight excluding hydrogens is 388 g/mol. The number of hydrogen-bond acceptors (Lipinski definition) is 5. The maximum Gasteiger partial charge on any atom is 0.146 e. The third-order valence-electron chi connectivity index (χ3n) is 6.26. The van der Waals surface area contributed by atoms with E-state index in [1.807, 2.05) is 30.3 Å². The lowest BCUT2D eigenvalue weighted by molar-refractivity contribution is 0.113. The molecule has 31 heavy (non-hydrogen) atoms. The molecule has 4 aromatic rings. The number of aliphatic hydroxyl groups is 1. The van der Waals surface area contributed by atoms with Gasteiger partial charge in [0.15, 0.2) is 0 Å². The van der Waals surface area contributed by atoms with Crippen molar-refractivity contribution in [1.29, 1.82) is 0 Å². The molecule has 158 valence electrons. The summed E-state index contributed by atoms with van der Waals surface area (Å²) in [5.41, 5.74) is 11.5. The minimum absolute atomic E-state index is 0.236. The van der Waals surface area contributed by atoms with Crippen molar-refractivity contribution in [3.05, 3.63) is 72.2 Å². The molecule has 6 heteroatoms. The first-order valence-corrected chi connectivity index (χ1v) is 10.6. The van der Waals surface area contributed by atoms with Gasteiger partial charge < -0.3 is 20.1 Å². The Kier molecular flexibility index (Phi) is 5.08. The van der Waals surface area contributed by atoms with Crippen LogP contribution in [0.25, 0.3) is 22.2 Å². The van der Waals surface area contributed by atoms with Crippen LogP contribution in [0.15, 0.2) is 60.9 Å². The average molecular weight is 415 g/mol. The van der Waals surface area contributed by atoms with Gasteiger partial charge in [-0.2, -0.15) is 0 Å². The normalized spacial score (nSPS) is 18.1. The standard InChI is InChI=1S/C25H26N4O2/c1-16-22(19-8-5-9-21(12-19)31-14-17-6-3-2-4-7-17)23-24(26)27-15-28-25(23)29(16)20-10-18(11-20)13-30/h2-9,12,15,18,20,30H,10-11,13-14H2,1H3,(H2,26,27,28)/t18-,20-. The molecule has 1 saturated carbocycles. The summed E-state index contributed by atoms with van der Waals surface area (Å²) in [4.78, 5) is 8.84. The summed E-state index contributed by atoms with van der Waals surface area (Å²) in [6.07, 6.45) is 3.42. The molecule has 1 fully saturated rings. The number of aliphatic hydroxyl groups excluding tert-OH is 1. The molecule has 0 aliphatic heterocycles. The zero-order chi connectivity index (χ0) is 21.4. The Labute approximate surface area is 181 Å². The maximum absolute atomic E-state index is 9.46. The van der Waals surface area contributed by atoms with Gasteiger partial charge in [0.25, 0.3) is 0 Å². The zero-order valence-electron chi connectivity index (χ0n) is 17.5. The van der Waals surface area contributed by atoms with Gasteiger partial charge in [-0.3, -0.25) is 0 Å². The Hall–Kier alpha value is -3.38. The topological polar surface area (TPSA) is 86.2 Å². The van der Waals surface area contributed by atoms with Crippen LogP contribution in [-0.2, 0) is 6.61 Å². The van der Waals surface area contributed by atoms with Gasteiger partial charge in [-0.25, -0.2) is 9.97 Å². The molecule has 2 aromatic heterocycles. The number of fused-ring (bicyclic) bond motifs is 1. The lowest BCUT2D eigenvalue weighted by Gasteiger charge is -2.36. The summed E-state index contributed by atoms with van der Waals surface area (Å²) >= 11 is 0. The van der Waals surface area contributed by atoms with E-state index in [4.69, 9.17) is 10.5 Å². The van der Waals surface area contributed by atoms with E-state index in [9.17, 15) is 5.11 Å². The second-order valence-electron chi connectivity index (χ2n) is 8.26. The van der Waals surface area contributed by atoms with Crippen molar-refractivity contribution in [2.24, 2.45) is 5.92 Å². The Morgan fingerprint density at radius 2 is 1.90 bits per heavy atom. The Balaban J connectivity index is 1.54. The van der Waals surface area contributed by atoms with E-state index in [0.717, 1.165) is 52.0 Å². The van der Waals surface area contributed by atoms with Crippen LogP contribution in [0.5, 0.6) is 5.75 Å². The smallest absolute Gasteiger partial charge is 0.146 e. The van der Waals surface area contributed by atoms with Crippen LogP contribution < -0.4 is 10.5 Å². The number of nitrogens with two attached hydrogens (primary N) is 1. The lowest BCUT2D eigenvalue weighted by Crippen LogP contribution is -2.29. The van der Waals surface area contributed by atoms with E-state index in [1.54, 1.807) is 0 Å². The van der Waals surface area contributed by atoms with Crippen molar-refractivity contribution >= 4 is 16.9 Å². The number of benzene rings is 2. The predicted molar refractivity (Wildman–Crippen MR) is 122 cm³/mol. The largest absolute Gasteiger partial charge is 0.489 e. The van der Waals surface area contributed by atoms with E-state index < -0.39 is 0 Å². The highest BCUT2D eigenvalue weighted by Crippen LogP contribution is 2.45. The van der Waals surface area contributed by atoms with Gasteiger partial charge in [0, 0.05) is 23.9 Å². The average Bonchev–Trinajstić information content (AvgIpc) is 3.06. The predicted octanol–water partition coefficient (Wildman–Crippen LogP) is 4.51. The van der Waals surface area contributed by atoms with E-state index in [2.05, 4.69) is 45.7 Å². The van der Waals surface area contributed by atoms with Gasteiger partial charge in [-0.1, -0.05) is 42.5 Å². The van der Waals surface area contributed by atoms with Gasteiger partial charge in [0.1, 0.15) is 30.1 Å². The number of nitrogens with zero attached hydrogens (tertiary/aromatic N) is 3. The van der Waals surface area contributed by atoms with Crippen LogP contribution in [0.4, 0.5) is 5.82 Å². The SMILES string of the molecule is Cc1c(-c2cccc(OCc3ccccc3)c2)c2c(N)ncnc2n1[C@H]1C[C@H](CO)C1. The molecule has 0 spiro atoms. The Morgan fingerprint density at radius 1 is 1.10 bits per heavy atom. The van der Waals surface area contributed by atoms with Crippen molar-refractivity contribution in [3.63, 3.8) is 0 Å². The molecule has 0 saturated heterocycles. The third-order valence-corrected chi connectivity index (χ3v) is 6.26. The van der Waals surface area contributed by atoms with E-state index in [0.29, 0.717) is 24.4 Å². The molecule has 2 heterocycles. The summed E-state index contributed by atoms with van der Waals surface area (Å²) in [6, 6.07) is 18.6. The van der Waals surface area contributed by atoms with Crippen LogP contribution in [0.3, 0.4) is 0 Å². The van der Waals surface area contributed by atoms with E-state index in [1.165, 1.54) is 6.33 Å². The molecular formula is C25H26N4O2. The molecule has 0 amide bonds. The molecule has 2 aromatic carbocycles. The van der Waals surface area contributed by atoms with Crippen LogP contribution in [-0.4, -0.2) is 26.2 Å². The van der Waals surface area contributed by atoms with Crippen molar-refractivity contribution in [1.82, 2.24) is 14.5 Å². The number of ether oxygens (including phenoxy) is 1. The number of hydrogen-bond donors (Lipinski definition) is 2. The fourth-order valence-corrected chi connectivity index (χ4v) is 4.61. The summed E-state index contributed by atoms with van der Waals surface area (Å²) in [7, 11) is 0. The van der Waals surface area contributed by atoms with Gasteiger partial charge in [0.05, 0.1) is 5.39 Å². The fraction of sp³-hybridized carbons (Fsp3) is 0.280. The number of rotatable bonds is 6. The van der Waals surface area contributed by atoms with Gasteiger partial charge >= 0.3 is 0 Å². The van der Waals surface area contributed by atoms with Crippen molar-refractivity contribution in [2.45, 2.75) is 32.4 Å². The number of aromatic nitrogens is 3. The minimum atomic E-state index is 0.236. The molecule has 0 unspecified atom stereocenters. The van der Waals surface area contributed by atoms with Crippen LogP contribution >= 0.6 is 0 Å². The maximum atomic E-state index is 9.46. The van der Waals surface area contributed by atoms with Gasteiger partial charge in [-0.05, 0) is 48.9 Å². The Morgan fingerprint density at radius 3 is 2.68 bits per heavy atom. The minimum Gasteiger partial charge on any atom is -0.489 e. The highest BCUT2D eigenvalue weighted by molar-refractivity contribution is 6.02. The van der Waals surface area contributed by atoms with E-state index >= 15 is 0 Å².